The summed E-state index contributed by atoms with van der Waals surface area (Å²) < 4.78 is 0. The van der Waals surface area contributed by atoms with E-state index in [1.165, 1.54) is 36.8 Å². The molecule has 1 rings (SSSR count). The molecule has 0 aromatic rings. The van der Waals surface area contributed by atoms with Gasteiger partial charge in [-0.2, -0.15) is 0 Å². The zero-order valence-corrected chi connectivity index (χ0v) is 10.7. The lowest BCUT2D eigenvalue weighted by atomic mass is 9.73. The quantitative estimate of drug-likeness (QED) is 0.570. The first-order valence-electron chi connectivity index (χ1n) is 6.43. The molecule has 0 heteroatoms. The summed E-state index contributed by atoms with van der Waals surface area (Å²) in [7, 11) is 0. The first-order chi connectivity index (χ1) is 7.06. The van der Waals surface area contributed by atoms with Crippen LogP contribution in [0.1, 0.15) is 52.9 Å². The van der Waals surface area contributed by atoms with Crippen LogP contribution in [-0.4, -0.2) is 0 Å². The van der Waals surface area contributed by atoms with E-state index in [9.17, 15) is 0 Å². The Morgan fingerprint density at radius 1 is 1.13 bits per heavy atom. The zero-order valence-electron chi connectivity index (χ0n) is 10.7. The van der Waals surface area contributed by atoms with Gasteiger partial charge in [-0.15, -0.1) is 0 Å². The number of hydrogen-bond donors (Lipinski definition) is 0. The molecule has 86 valence electrons. The minimum Gasteiger partial charge on any atom is -0.0956 e. The average Bonchev–Trinajstić information content (AvgIpc) is 2.27. The van der Waals surface area contributed by atoms with Crippen molar-refractivity contribution in [2.24, 2.45) is 17.8 Å². The third kappa shape index (κ3) is 3.22. The molecule has 0 nitrogen and oxygen atoms in total. The van der Waals surface area contributed by atoms with E-state index in [-0.39, 0.29) is 0 Å². The highest BCUT2D eigenvalue weighted by Crippen LogP contribution is 2.38. The van der Waals surface area contributed by atoms with Crippen molar-refractivity contribution < 1.29 is 0 Å². The van der Waals surface area contributed by atoms with Crippen LogP contribution in [0.3, 0.4) is 0 Å². The third-order valence-electron chi connectivity index (χ3n) is 4.09. The van der Waals surface area contributed by atoms with Crippen LogP contribution in [0.4, 0.5) is 0 Å². The van der Waals surface area contributed by atoms with Gasteiger partial charge in [0.05, 0.1) is 0 Å². The molecule has 0 aromatic carbocycles. The molecule has 1 fully saturated rings. The largest absolute Gasteiger partial charge is 0.0956 e. The highest BCUT2D eigenvalue weighted by molar-refractivity contribution is 5.27. The Bertz CT molecular complexity index is 226. The Morgan fingerprint density at radius 3 is 2.07 bits per heavy atom. The van der Waals surface area contributed by atoms with Crippen LogP contribution in [0.15, 0.2) is 24.3 Å². The van der Waals surface area contributed by atoms with Gasteiger partial charge in [-0.1, -0.05) is 39.5 Å². The third-order valence-corrected chi connectivity index (χ3v) is 4.09. The van der Waals surface area contributed by atoms with E-state index in [0.717, 1.165) is 24.2 Å². The predicted molar refractivity (Wildman–Crippen MR) is 68.9 cm³/mol. The van der Waals surface area contributed by atoms with Crippen molar-refractivity contribution in [3.05, 3.63) is 24.3 Å². The van der Waals surface area contributed by atoms with Gasteiger partial charge < -0.3 is 0 Å². The van der Waals surface area contributed by atoms with Crippen LogP contribution in [0.5, 0.6) is 0 Å². The molecule has 1 aliphatic carbocycles. The van der Waals surface area contributed by atoms with Crippen LogP contribution >= 0.6 is 0 Å². The topological polar surface area (TPSA) is 0 Å². The molecule has 0 saturated heterocycles. The first kappa shape index (κ1) is 12.5. The summed E-state index contributed by atoms with van der Waals surface area (Å²) in [6.07, 6.45) is 6.50. The highest BCUT2D eigenvalue weighted by atomic mass is 14.3. The summed E-state index contributed by atoms with van der Waals surface area (Å²) in [5.41, 5.74) is 2.60. The summed E-state index contributed by atoms with van der Waals surface area (Å²) in [6, 6.07) is 0. The first-order valence-corrected chi connectivity index (χ1v) is 6.43. The van der Waals surface area contributed by atoms with Crippen LogP contribution in [0.2, 0.25) is 0 Å². The van der Waals surface area contributed by atoms with Gasteiger partial charge in [-0.05, 0) is 55.4 Å². The summed E-state index contributed by atoms with van der Waals surface area (Å²) in [4.78, 5) is 0. The fourth-order valence-electron chi connectivity index (χ4n) is 2.65. The normalized spacial score (nSPS) is 26.7. The lowest BCUT2D eigenvalue weighted by Crippen LogP contribution is -2.19. The molecule has 0 aliphatic heterocycles. The van der Waals surface area contributed by atoms with Gasteiger partial charge in [0, 0.05) is 0 Å². The smallest absolute Gasteiger partial charge is 0.0165 e. The second kappa shape index (κ2) is 5.53. The molecule has 1 aliphatic rings. The number of hydrogen-bond acceptors (Lipinski definition) is 0. The van der Waals surface area contributed by atoms with Gasteiger partial charge in [0.2, 0.25) is 0 Å². The zero-order chi connectivity index (χ0) is 11.4. The summed E-state index contributed by atoms with van der Waals surface area (Å²) in [6.45, 7) is 15.2. The van der Waals surface area contributed by atoms with Gasteiger partial charge in [-0.25, -0.2) is 0 Å². The van der Waals surface area contributed by atoms with E-state index in [2.05, 4.69) is 33.9 Å². The number of allylic oxidation sites excluding steroid dienone is 2. The van der Waals surface area contributed by atoms with Crippen molar-refractivity contribution in [1.29, 1.82) is 0 Å². The summed E-state index contributed by atoms with van der Waals surface area (Å²) >= 11 is 0. The molecule has 0 amide bonds. The molecular formula is C15H26. The van der Waals surface area contributed by atoms with Crippen molar-refractivity contribution >= 4 is 0 Å². The molecule has 0 spiro atoms. The van der Waals surface area contributed by atoms with E-state index in [0.29, 0.717) is 0 Å². The molecule has 0 unspecified atom stereocenters. The Hall–Kier alpha value is -0.520. The average molecular weight is 206 g/mol. The monoisotopic (exact) mass is 206 g/mol. The van der Waals surface area contributed by atoms with Crippen LogP contribution < -0.4 is 0 Å². The minimum absolute atomic E-state index is 0.729. The molecule has 0 N–H and O–H groups in total. The van der Waals surface area contributed by atoms with Crippen molar-refractivity contribution in [3.8, 4) is 0 Å². The molecule has 1 saturated carbocycles. The standard InChI is InChI=1S/C15H26/c1-6-12(4)13(5)15-9-7-14(8-10-15)11(2)3/h11,14-15H,4-10H2,1-3H3. The second-order valence-corrected chi connectivity index (χ2v) is 5.34. The van der Waals surface area contributed by atoms with Gasteiger partial charge in [0.25, 0.3) is 0 Å². The van der Waals surface area contributed by atoms with Gasteiger partial charge in [-0.3, -0.25) is 0 Å². The maximum Gasteiger partial charge on any atom is -0.0165 e. The van der Waals surface area contributed by atoms with Crippen molar-refractivity contribution in [2.45, 2.75) is 52.9 Å². The van der Waals surface area contributed by atoms with E-state index in [4.69, 9.17) is 0 Å². The molecular weight excluding hydrogens is 180 g/mol. The molecule has 0 atom stereocenters. The van der Waals surface area contributed by atoms with Crippen LogP contribution in [-0.2, 0) is 0 Å². The van der Waals surface area contributed by atoms with Crippen LogP contribution in [0, 0.1) is 17.8 Å². The van der Waals surface area contributed by atoms with Crippen LogP contribution in [0.25, 0.3) is 0 Å². The van der Waals surface area contributed by atoms with Gasteiger partial charge >= 0.3 is 0 Å². The van der Waals surface area contributed by atoms with E-state index >= 15 is 0 Å². The van der Waals surface area contributed by atoms with Crippen molar-refractivity contribution in [3.63, 3.8) is 0 Å². The highest BCUT2D eigenvalue weighted by Gasteiger charge is 2.24. The molecule has 0 heterocycles. The molecule has 0 aromatic heterocycles. The predicted octanol–water partition coefficient (Wildman–Crippen LogP) is 4.97. The number of rotatable bonds is 4. The van der Waals surface area contributed by atoms with Crippen molar-refractivity contribution in [1.82, 2.24) is 0 Å². The lowest BCUT2D eigenvalue weighted by Gasteiger charge is -2.32. The summed E-state index contributed by atoms with van der Waals surface area (Å²) in [5.74, 6) is 2.53. The molecule has 0 bridgehead atoms. The fourth-order valence-corrected chi connectivity index (χ4v) is 2.65. The Balaban J connectivity index is 2.44. The maximum atomic E-state index is 4.22. The van der Waals surface area contributed by atoms with Crippen molar-refractivity contribution in [2.75, 3.05) is 0 Å². The van der Waals surface area contributed by atoms with E-state index < -0.39 is 0 Å². The maximum absolute atomic E-state index is 4.22. The SMILES string of the molecule is C=C(CC)C(=C)C1CCC(C(C)C)CC1. The van der Waals surface area contributed by atoms with Gasteiger partial charge in [0.15, 0.2) is 0 Å². The van der Waals surface area contributed by atoms with Gasteiger partial charge in [0.1, 0.15) is 0 Å². The van der Waals surface area contributed by atoms with E-state index in [1.54, 1.807) is 0 Å². The Morgan fingerprint density at radius 2 is 1.67 bits per heavy atom. The molecule has 15 heavy (non-hydrogen) atoms. The summed E-state index contributed by atoms with van der Waals surface area (Å²) in [5, 5.41) is 0. The fraction of sp³-hybridized carbons (Fsp3) is 0.733. The lowest BCUT2D eigenvalue weighted by molar-refractivity contribution is 0.243. The van der Waals surface area contributed by atoms with E-state index in [1.807, 2.05) is 0 Å². The Labute approximate surface area is 95.5 Å². The second-order valence-electron chi connectivity index (χ2n) is 5.34. The minimum atomic E-state index is 0.729. The Kier molecular flexibility index (Phi) is 4.63. The molecule has 0 radical (unpaired) electrons.